The molecule has 1 aliphatic rings. The van der Waals surface area contributed by atoms with Crippen LogP contribution in [0.4, 0.5) is 0 Å². The van der Waals surface area contributed by atoms with Gasteiger partial charge in [0.1, 0.15) is 0 Å². The Bertz CT molecular complexity index is 525. The van der Waals surface area contributed by atoms with Crippen LogP contribution in [-0.2, 0) is 4.43 Å². The molecule has 1 unspecified atom stereocenters. The van der Waals surface area contributed by atoms with E-state index in [4.69, 9.17) is 4.43 Å². The Morgan fingerprint density at radius 1 is 0.905 bits per heavy atom. The Morgan fingerprint density at radius 2 is 1.52 bits per heavy atom. The van der Waals surface area contributed by atoms with Gasteiger partial charge in [0.05, 0.1) is 0 Å². The first kappa shape index (κ1) is 14.3. The molecule has 1 atom stereocenters. The van der Waals surface area contributed by atoms with Crippen LogP contribution in [0, 0.1) is 5.92 Å². The highest BCUT2D eigenvalue weighted by molar-refractivity contribution is 6.80. The van der Waals surface area contributed by atoms with Crippen molar-refractivity contribution in [2.45, 2.75) is 19.3 Å². The fourth-order valence-corrected chi connectivity index (χ4v) is 5.20. The summed E-state index contributed by atoms with van der Waals surface area (Å²) < 4.78 is 6.38. The van der Waals surface area contributed by atoms with Crippen molar-refractivity contribution in [3.8, 4) is 0 Å². The van der Waals surface area contributed by atoms with E-state index in [1.807, 2.05) is 0 Å². The fourth-order valence-electron chi connectivity index (χ4n) is 2.91. The number of hydrogen-bond donors (Lipinski definition) is 0. The van der Waals surface area contributed by atoms with Gasteiger partial charge < -0.3 is 4.43 Å². The lowest BCUT2D eigenvalue weighted by Crippen LogP contribution is -2.45. The van der Waals surface area contributed by atoms with Crippen molar-refractivity contribution in [1.82, 2.24) is 0 Å². The van der Waals surface area contributed by atoms with E-state index >= 15 is 0 Å². The van der Waals surface area contributed by atoms with E-state index < -0.39 is 9.04 Å². The topological polar surface area (TPSA) is 9.23 Å². The van der Waals surface area contributed by atoms with Crippen LogP contribution in [0.15, 0.2) is 72.8 Å². The SMILES string of the molecule is C1=CC(CCO[SiH](c2ccccc2)c2ccccc2)CC1. The minimum Gasteiger partial charge on any atom is -0.411 e. The van der Waals surface area contributed by atoms with Crippen LogP contribution in [0.25, 0.3) is 0 Å². The monoisotopic (exact) mass is 294 g/mol. The van der Waals surface area contributed by atoms with Crippen molar-refractivity contribution in [2.75, 3.05) is 6.61 Å². The largest absolute Gasteiger partial charge is 0.411 e. The molecule has 2 aromatic rings. The Morgan fingerprint density at radius 3 is 2.05 bits per heavy atom. The molecule has 0 aromatic heterocycles. The van der Waals surface area contributed by atoms with Gasteiger partial charge in [0.2, 0.25) is 9.04 Å². The molecule has 0 bridgehead atoms. The van der Waals surface area contributed by atoms with E-state index in [-0.39, 0.29) is 0 Å². The first-order valence-electron chi connectivity index (χ1n) is 7.81. The molecule has 1 aliphatic carbocycles. The van der Waals surface area contributed by atoms with Crippen molar-refractivity contribution < 1.29 is 4.43 Å². The maximum Gasteiger partial charge on any atom is 0.239 e. The zero-order chi connectivity index (χ0) is 14.3. The van der Waals surface area contributed by atoms with Crippen LogP contribution in [0.1, 0.15) is 19.3 Å². The van der Waals surface area contributed by atoms with E-state index in [0.717, 1.165) is 18.9 Å². The van der Waals surface area contributed by atoms with Gasteiger partial charge in [-0.2, -0.15) is 0 Å². The second-order valence-corrected chi connectivity index (χ2v) is 8.05. The first-order valence-corrected chi connectivity index (χ1v) is 9.44. The Hall–Kier alpha value is -1.64. The zero-order valence-electron chi connectivity index (χ0n) is 12.3. The molecule has 0 N–H and O–H groups in total. The molecule has 2 aromatic carbocycles. The quantitative estimate of drug-likeness (QED) is 0.588. The highest BCUT2D eigenvalue weighted by Gasteiger charge is 2.18. The van der Waals surface area contributed by atoms with Gasteiger partial charge in [-0.3, -0.25) is 0 Å². The Labute approximate surface area is 129 Å². The predicted octanol–water partition coefficient (Wildman–Crippen LogP) is 2.90. The molecule has 0 heterocycles. The van der Waals surface area contributed by atoms with Crippen molar-refractivity contribution in [1.29, 1.82) is 0 Å². The summed E-state index contributed by atoms with van der Waals surface area (Å²) in [5, 5.41) is 2.73. The molecule has 0 aliphatic heterocycles. The molecule has 108 valence electrons. The summed E-state index contributed by atoms with van der Waals surface area (Å²) in [6, 6.07) is 21.4. The third-order valence-corrected chi connectivity index (χ3v) is 6.64. The molecular weight excluding hydrogens is 272 g/mol. The average Bonchev–Trinajstić information content (AvgIpc) is 3.07. The molecule has 0 radical (unpaired) electrons. The van der Waals surface area contributed by atoms with E-state index in [0.29, 0.717) is 0 Å². The van der Waals surface area contributed by atoms with E-state index in [1.165, 1.54) is 23.2 Å². The van der Waals surface area contributed by atoms with E-state index in [9.17, 15) is 0 Å². The summed E-state index contributed by atoms with van der Waals surface area (Å²) >= 11 is 0. The standard InChI is InChI=1S/C19H22OSi/c1-3-11-18(12-4-1)21(19-13-5-2-6-14-19)20-16-15-17-9-7-8-10-17/h1-7,9,11-14,17,21H,8,10,15-16H2. The molecule has 3 rings (SSSR count). The highest BCUT2D eigenvalue weighted by Crippen LogP contribution is 2.20. The summed E-state index contributed by atoms with van der Waals surface area (Å²) in [5.74, 6) is 0.728. The van der Waals surface area contributed by atoms with Crippen molar-refractivity contribution in [3.63, 3.8) is 0 Å². The lowest BCUT2D eigenvalue weighted by atomic mass is 10.1. The van der Waals surface area contributed by atoms with Gasteiger partial charge in [-0.15, -0.1) is 0 Å². The van der Waals surface area contributed by atoms with E-state index in [2.05, 4.69) is 72.8 Å². The number of hydrogen-bond acceptors (Lipinski definition) is 1. The lowest BCUT2D eigenvalue weighted by molar-refractivity contribution is 0.303. The molecule has 0 saturated carbocycles. The lowest BCUT2D eigenvalue weighted by Gasteiger charge is -2.18. The van der Waals surface area contributed by atoms with Crippen molar-refractivity contribution >= 4 is 19.4 Å². The summed E-state index contributed by atoms with van der Waals surface area (Å²) in [6.45, 7) is 0.871. The summed E-state index contributed by atoms with van der Waals surface area (Å²) in [6.07, 6.45) is 8.34. The van der Waals surface area contributed by atoms with Crippen molar-refractivity contribution in [3.05, 3.63) is 72.8 Å². The number of rotatable bonds is 6. The normalized spacial score (nSPS) is 17.5. The van der Waals surface area contributed by atoms with Gasteiger partial charge >= 0.3 is 0 Å². The second-order valence-electron chi connectivity index (χ2n) is 5.63. The molecule has 0 saturated heterocycles. The second kappa shape index (κ2) is 7.39. The van der Waals surface area contributed by atoms with Gasteiger partial charge in [0, 0.05) is 6.61 Å². The van der Waals surface area contributed by atoms with Crippen LogP contribution < -0.4 is 10.4 Å². The third kappa shape index (κ3) is 3.93. The van der Waals surface area contributed by atoms with Gasteiger partial charge in [0.25, 0.3) is 0 Å². The Balaban J connectivity index is 1.69. The Kier molecular flexibility index (Phi) is 5.03. The van der Waals surface area contributed by atoms with Crippen LogP contribution in [-0.4, -0.2) is 15.6 Å². The average molecular weight is 294 g/mol. The minimum absolute atomic E-state index is 0.728. The van der Waals surface area contributed by atoms with Crippen LogP contribution in [0.2, 0.25) is 0 Å². The molecular formula is C19H22OSi. The molecule has 2 heteroatoms. The molecule has 21 heavy (non-hydrogen) atoms. The van der Waals surface area contributed by atoms with Crippen molar-refractivity contribution in [2.24, 2.45) is 5.92 Å². The summed E-state index contributed by atoms with van der Waals surface area (Å²) in [7, 11) is -1.54. The van der Waals surface area contributed by atoms with Gasteiger partial charge in [-0.1, -0.05) is 72.8 Å². The number of benzene rings is 2. The third-order valence-electron chi connectivity index (χ3n) is 4.09. The predicted molar refractivity (Wildman–Crippen MR) is 91.7 cm³/mol. The van der Waals surface area contributed by atoms with E-state index in [1.54, 1.807) is 0 Å². The maximum atomic E-state index is 6.38. The van der Waals surface area contributed by atoms with Gasteiger partial charge in [-0.25, -0.2) is 0 Å². The van der Waals surface area contributed by atoms with Crippen LogP contribution in [0.5, 0.6) is 0 Å². The maximum absolute atomic E-state index is 6.38. The summed E-state index contributed by atoms with van der Waals surface area (Å²) in [4.78, 5) is 0. The zero-order valence-corrected chi connectivity index (χ0v) is 13.5. The highest BCUT2D eigenvalue weighted by atomic mass is 28.3. The molecule has 0 spiro atoms. The summed E-state index contributed by atoms with van der Waals surface area (Å²) in [5.41, 5.74) is 0. The van der Waals surface area contributed by atoms with Gasteiger partial charge in [-0.05, 0) is 35.6 Å². The molecule has 1 nitrogen and oxygen atoms in total. The minimum atomic E-state index is -1.54. The first-order chi connectivity index (χ1) is 10.4. The molecule has 0 amide bonds. The fraction of sp³-hybridized carbons (Fsp3) is 0.263. The number of allylic oxidation sites excluding steroid dienone is 2. The molecule has 0 fully saturated rings. The van der Waals surface area contributed by atoms with Crippen LogP contribution >= 0.6 is 0 Å². The smallest absolute Gasteiger partial charge is 0.239 e. The van der Waals surface area contributed by atoms with Crippen LogP contribution in [0.3, 0.4) is 0 Å². The van der Waals surface area contributed by atoms with Gasteiger partial charge in [0.15, 0.2) is 0 Å².